The molecule has 1 aromatic heterocycles. The van der Waals surface area contributed by atoms with Gasteiger partial charge >= 0.3 is 0 Å². The second-order valence-electron chi connectivity index (χ2n) is 4.82. The molecule has 0 aliphatic heterocycles. The quantitative estimate of drug-likeness (QED) is 0.578. The van der Waals surface area contributed by atoms with Gasteiger partial charge in [0.1, 0.15) is 0 Å². The molecule has 1 unspecified atom stereocenters. The second kappa shape index (κ2) is 9.01. The summed E-state index contributed by atoms with van der Waals surface area (Å²) in [4.78, 5) is 0. The largest absolute Gasteiger partial charge is 0.396 e. The molecular weight excluding hydrogens is 244 g/mol. The topological polar surface area (TPSA) is 83.2 Å². The van der Waals surface area contributed by atoms with Gasteiger partial charge in [-0.1, -0.05) is 31.9 Å². The third-order valence-electron chi connectivity index (χ3n) is 3.38. The molecule has 0 aromatic carbocycles. The van der Waals surface area contributed by atoms with Gasteiger partial charge in [-0.25, -0.2) is 0 Å². The van der Waals surface area contributed by atoms with Crippen molar-refractivity contribution in [2.75, 3.05) is 13.2 Å². The normalized spacial score (nSPS) is 13.1. The zero-order valence-electron chi connectivity index (χ0n) is 11.9. The van der Waals surface area contributed by atoms with Gasteiger partial charge in [-0.05, 0) is 12.3 Å². The summed E-state index contributed by atoms with van der Waals surface area (Å²) in [7, 11) is 0. The molecule has 0 saturated heterocycles. The van der Waals surface area contributed by atoms with Gasteiger partial charge in [0.15, 0.2) is 0 Å². The van der Waals surface area contributed by atoms with Crippen LogP contribution in [0.4, 0.5) is 0 Å². The van der Waals surface area contributed by atoms with E-state index in [0.29, 0.717) is 32.0 Å². The van der Waals surface area contributed by atoms with E-state index in [1.54, 1.807) is 4.68 Å². The zero-order chi connectivity index (χ0) is 14.1. The Morgan fingerprint density at radius 2 is 2.11 bits per heavy atom. The first-order valence-corrected chi connectivity index (χ1v) is 7.09. The van der Waals surface area contributed by atoms with Crippen LogP contribution < -0.4 is 5.32 Å². The molecule has 0 aliphatic carbocycles. The molecule has 19 heavy (non-hydrogen) atoms. The molecule has 0 spiro atoms. The van der Waals surface area contributed by atoms with Crippen molar-refractivity contribution in [3.63, 3.8) is 0 Å². The summed E-state index contributed by atoms with van der Waals surface area (Å²) in [6.07, 6.45) is 4.24. The average molecular weight is 270 g/mol. The van der Waals surface area contributed by atoms with Crippen molar-refractivity contribution in [3.05, 3.63) is 11.9 Å². The standard InChI is InChI=1S/C13H26N4O2/c1-3-11(4-2)13(19)9-14-8-12-10-17(16-15-12)6-5-7-18/h10-11,13-14,18-19H,3-9H2,1-2H3. The fourth-order valence-corrected chi connectivity index (χ4v) is 2.11. The zero-order valence-corrected chi connectivity index (χ0v) is 11.9. The molecule has 6 heteroatoms. The minimum Gasteiger partial charge on any atom is -0.396 e. The van der Waals surface area contributed by atoms with Crippen LogP contribution in [0.5, 0.6) is 0 Å². The average Bonchev–Trinajstić information content (AvgIpc) is 2.85. The third kappa shape index (κ3) is 5.67. The van der Waals surface area contributed by atoms with E-state index in [2.05, 4.69) is 29.5 Å². The molecule has 6 nitrogen and oxygen atoms in total. The maximum atomic E-state index is 9.98. The number of rotatable bonds is 10. The molecule has 3 N–H and O–H groups in total. The van der Waals surface area contributed by atoms with Gasteiger partial charge in [0.05, 0.1) is 11.8 Å². The van der Waals surface area contributed by atoms with Crippen molar-refractivity contribution >= 4 is 0 Å². The van der Waals surface area contributed by atoms with Crippen LogP contribution >= 0.6 is 0 Å². The van der Waals surface area contributed by atoms with Gasteiger partial charge in [-0.3, -0.25) is 4.68 Å². The van der Waals surface area contributed by atoms with Gasteiger partial charge in [0, 0.05) is 32.4 Å². The first-order chi connectivity index (χ1) is 9.21. The molecule has 1 atom stereocenters. The van der Waals surface area contributed by atoms with E-state index in [0.717, 1.165) is 18.5 Å². The highest BCUT2D eigenvalue weighted by Crippen LogP contribution is 2.12. The first-order valence-electron chi connectivity index (χ1n) is 7.09. The predicted octanol–water partition coefficient (Wildman–Crippen LogP) is 0.547. The van der Waals surface area contributed by atoms with E-state index >= 15 is 0 Å². The van der Waals surface area contributed by atoms with Crippen molar-refractivity contribution < 1.29 is 10.2 Å². The lowest BCUT2D eigenvalue weighted by Gasteiger charge is -2.20. The van der Waals surface area contributed by atoms with Crippen molar-refractivity contribution in [1.29, 1.82) is 0 Å². The summed E-state index contributed by atoms with van der Waals surface area (Å²) in [5.74, 6) is 0.354. The van der Waals surface area contributed by atoms with Gasteiger partial charge in [-0.15, -0.1) is 5.10 Å². The van der Waals surface area contributed by atoms with Crippen molar-refractivity contribution in [3.8, 4) is 0 Å². The fraction of sp³-hybridized carbons (Fsp3) is 0.846. The second-order valence-corrected chi connectivity index (χ2v) is 4.82. The lowest BCUT2D eigenvalue weighted by Crippen LogP contribution is -2.32. The minimum absolute atomic E-state index is 0.162. The first kappa shape index (κ1) is 16.1. The van der Waals surface area contributed by atoms with E-state index in [9.17, 15) is 5.11 Å². The van der Waals surface area contributed by atoms with Crippen LogP contribution in [0.1, 0.15) is 38.8 Å². The van der Waals surface area contributed by atoms with E-state index in [1.807, 2.05) is 6.20 Å². The Hall–Kier alpha value is -0.980. The Labute approximate surface area is 114 Å². The highest BCUT2D eigenvalue weighted by atomic mass is 16.3. The van der Waals surface area contributed by atoms with Crippen LogP contribution in [0, 0.1) is 5.92 Å². The lowest BCUT2D eigenvalue weighted by molar-refractivity contribution is 0.101. The van der Waals surface area contributed by atoms with Gasteiger partial charge in [-0.2, -0.15) is 0 Å². The van der Waals surface area contributed by atoms with E-state index < -0.39 is 0 Å². The number of aliphatic hydroxyl groups is 2. The smallest absolute Gasteiger partial charge is 0.0964 e. The van der Waals surface area contributed by atoms with Crippen LogP contribution in [0.2, 0.25) is 0 Å². The fourth-order valence-electron chi connectivity index (χ4n) is 2.11. The summed E-state index contributed by atoms with van der Waals surface area (Å²) < 4.78 is 1.73. The van der Waals surface area contributed by atoms with Gasteiger partial charge < -0.3 is 15.5 Å². The minimum atomic E-state index is -0.306. The predicted molar refractivity (Wildman–Crippen MR) is 73.5 cm³/mol. The van der Waals surface area contributed by atoms with Crippen molar-refractivity contribution in [2.24, 2.45) is 5.92 Å². The van der Waals surface area contributed by atoms with Gasteiger partial charge in [0.25, 0.3) is 0 Å². The number of aliphatic hydroxyl groups excluding tert-OH is 2. The number of nitrogens with zero attached hydrogens (tertiary/aromatic N) is 3. The molecule has 0 amide bonds. The number of hydrogen-bond donors (Lipinski definition) is 3. The molecule has 0 bridgehead atoms. The van der Waals surface area contributed by atoms with Crippen LogP contribution in [-0.4, -0.2) is 44.5 Å². The number of nitrogens with one attached hydrogen (secondary N) is 1. The molecule has 1 rings (SSSR count). The van der Waals surface area contributed by atoms with Crippen LogP contribution in [0.3, 0.4) is 0 Å². The van der Waals surface area contributed by atoms with E-state index in [1.165, 1.54) is 0 Å². The molecule has 1 aromatic rings. The highest BCUT2D eigenvalue weighted by Gasteiger charge is 2.14. The Kier molecular flexibility index (Phi) is 7.62. The van der Waals surface area contributed by atoms with Crippen LogP contribution in [-0.2, 0) is 13.1 Å². The summed E-state index contributed by atoms with van der Waals surface area (Å²) in [6.45, 7) is 6.23. The highest BCUT2D eigenvalue weighted by molar-refractivity contribution is 4.91. The van der Waals surface area contributed by atoms with E-state index in [-0.39, 0.29) is 12.7 Å². The SMILES string of the molecule is CCC(CC)C(O)CNCc1cn(CCCO)nn1. The third-order valence-corrected chi connectivity index (χ3v) is 3.38. The molecular formula is C13H26N4O2. The van der Waals surface area contributed by atoms with Crippen LogP contribution in [0.15, 0.2) is 6.20 Å². The summed E-state index contributed by atoms with van der Waals surface area (Å²) in [6, 6.07) is 0. The summed E-state index contributed by atoms with van der Waals surface area (Å²) in [5, 5.41) is 29.9. The Morgan fingerprint density at radius 1 is 1.37 bits per heavy atom. The molecule has 110 valence electrons. The van der Waals surface area contributed by atoms with Crippen LogP contribution in [0.25, 0.3) is 0 Å². The molecule has 0 fully saturated rings. The maximum absolute atomic E-state index is 9.98. The van der Waals surface area contributed by atoms with Gasteiger partial charge in [0.2, 0.25) is 0 Å². The van der Waals surface area contributed by atoms with E-state index in [4.69, 9.17) is 5.11 Å². The summed E-state index contributed by atoms with van der Waals surface area (Å²) in [5.41, 5.74) is 0.856. The number of aryl methyl sites for hydroxylation is 1. The molecule has 0 saturated carbocycles. The Morgan fingerprint density at radius 3 is 2.74 bits per heavy atom. The molecule has 0 radical (unpaired) electrons. The number of hydrogen-bond acceptors (Lipinski definition) is 5. The number of aromatic nitrogens is 3. The maximum Gasteiger partial charge on any atom is 0.0964 e. The molecule has 1 heterocycles. The Bertz CT molecular complexity index is 339. The van der Waals surface area contributed by atoms with Crippen molar-refractivity contribution in [2.45, 2.75) is 52.3 Å². The monoisotopic (exact) mass is 270 g/mol. The lowest BCUT2D eigenvalue weighted by atomic mass is 9.96. The molecule has 0 aliphatic rings. The summed E-state index contributed by atoms with van der Waals surface area (Å²) >= 11 is 0. The van der Waals surface area contributed by atoms with Crippen molar-refractivity contribution in [1.82, 2.24) is 20.3 Å². The Balaban J connectivity index is 2.26.